The first-order chi connectivity index (χ1) is 9.19. The van der Waals surface area contributed by atoms with Crippen molar-refractivity contribution in [3.8, 4) is 5.75 Å². The number of amides is 1. The molecule has 0 aliphatic heterocycles. The van der Waals surface area contributed by atoms with Gasteiger partial charge < -0.3 is 15.2 Å². The fourth-order valence-electron chi connectivity index (χ4n) is 1.46. The molecule has 0 radical (unpaired) electrons. The van der Waals surface area contributed by atoms with Crippen LogP contribution in [0.2, 0.25) is 0 Å². The van der Waals surface area contributed by atoms with E-state index < -0.39 is 11.9 Å². The topological polar surface area (TPSA) is 75.6 Å². The second kappa shape index (κ2) is 6.41. The second-order valence-corrected chi connectivity index (χ2v) is 5.69. The summed E-state index contributed by atoms with van der Waals surface area (Å²) in [5.74, 6) is -1.14. The summed E-state index contributed by atoms with van der Waals surface area (Å²) in [7, 11) is 0. The molecule has 1 aromatic carbocycles. The Kier molecular flexibility index (Phi) is 5.13. The van der Waals surface area contributed by atoms with Crippen LogP contribution in [0.4, 0.5) is 0 Å². The fourth-order valence-corrected chi connectivity index (χ4v) is 1.46. The molecule has 1 aromatic rings. The predicted octanol–water partition coefficient (Wildman–Crippen LogP) is 2.31. The van der Waals surface area contributed by atoms with E-state index in [2.05, 4.69) is 5.32 Å². The number of carboxylic acids is 1. The third-order valence-corrected chi connectivity index (χ3v) is 2.53. The van der Waals surface area contributed by atoms with Crippen LogP contribution in [-0.4, -0.2) is 29.1 Å². The van der Waals surface area contributed by atoms with Gasteiger partial charge in [-0.15, -0.1) is 0 Å². The lowest BCUT2D eigenvalue weighted by Gasteiger charge is -2.21. The van der Waals surface area contributed by atoms with E-state index >= 15 is 0 Å². The van der Waals surface area contributed by atoms with Crippen molar-refractivity contribution >= 4 is 11.9 Å². The highest BCUT2D eigenvalue weighted by Gasteiger charge is 2.14. The molecular formula is C15H21NO4. The van der Waals surface area contributed by atoms with Crippen molar-refractivity contribution in [2.45, 2.75) is 33.3 Å². The highest BCUT2D eigenvalue weighted by molar-refractivity contribution is 5.94. The third kappa shape index (κ3) is 5.30. The Hall–Kier alpha value is -2.04. The van der Waals surface area contributed by atoms with Crippen molar-refractivity contribution in [1.82, 2.24) is 5.32 Å². The number of carboxylic acid groups (broad SMARTS) is 1. The van der Waals surface area contributed by atoms with Gasteiger partial charge in [0.1, 0.15) is 11.4 Å². The molecule has 0 aromatic heterocycles. The van der Waals surface area contributed by atoms with Gasteiger partial charge in [0, 0.05) is 12.1 Å². The molecule has 1 unspecified atom stereocenters. The lowest BCUT2D eigenvalue weighted by Crippen LogP contribution is -2.31. The highest BCUT2D eigenvalue weighted by atomic mass is 16.5. The summed E-state index contributed by atoms with van der Waals surface area (Å²) in [6.07, 6.45) is 0. The van der Waals surface area contributed by atoms with Crippen LogP contribution in [0.25, 0.3) is 0 Å². The Morgan fingerprint density at radius 1 is 1.25 bits per heavy atom. The van der Waals surface area contributed by atoms with Crippen LogP contribution in [0, 0.1) is 5.92 Å². The Labute approximate surface area is 118 Å². The molecule has 1 rings (SSSR count). The second-order valence-electron chi connectivity index (χ2n) is 5.69. The van der Waals surface area contributed by atoms with Crippen LogP contribution in [0.1, 0.15) is 38.1 Å². The summed E-state index contributed by atoms with van der Waals surface area (Å²) in [5.41, 5.74) is 0.185. The van der Waals surface area contributed by atoms with Gasteiger partial charge >= 0.3 is 5.97 Å². The average molecular weight is 279 g/mol. The van der Waals surface area contributed by atoms with Crippen LogP contribution >= 0.6 is 0 Å². The number of hydrogen-bond acceptors (Lipinski definition) is 3. The molecule has 1 amide bonds. The maximum atomic E-state index is 11.8. The molecule has 0 heterocycles. The Morgan fingerprint density at radius 2 is 1.80 bits per heavy atom. The van der Waals surface area contributed by atoms with Gasteiger partial charge in [0.15, 0.2) is 0 Å². The van der Waals surface area contributed by atoms with Gasteiger partial charge in [0.25, 0.3) is 5.91 Å². The fraction of sp³-hybridized carbons (Fsp3) is 0.467. The largest absolute Gasteiger partial charge is 0.488 e. The summed E-state index contributed by atoms with van der Waals surface area (Å²) in [4.78, 5) is 22.5. The molecule has 0 saturated carbocycles. The third-order valence-electron chi connectivity index (χ3n) is 2.53. The first kappa shape index (κ1) is 16.0. The van der Waals surface area contributed by atoms with E-state index in [4.69, 9.17) is 9.84 Å². The van der Waals surface area contributed by atoms with Crippen LogP contribution in [0.15, 0.2) is 24.3 Å². The summed E-state index contributed by atoms with van der Waals surface area (Å²) in [6.45, 7) is 7.49. The summed E-state index contributed by atoms with van der Waals surface area (Å²) < 4.78 is 5.66. The normalized spacial score (nSPS) is 12.6. The van der Waals surface area contributed by atoms with Crippen molar-refractivity contribution < 1.29 is 19.4 Å². The molecule has 5 nitrogen and oxygen atoms in total. The van der Waals surface area contributed by atoms with Crippen molar-refractivity contribution in [1.29, 1.82) is 0 Å². The van der Waals surface area contributed by atoms with Gasteiger partial charge in [-0.25, -0.2) is 0 Å². The molecule has 20 heavy (non-hydrogen) atoms. The smallest absolute Gasteiger partial charge is 0.308 e. The average Bonchev–Trinajstić information content (AvgIpc) is 2.34. The van der Waals surface area contributed by atoms with E-state index in [-0.39, 0.29) is 18.1 Å². The van der Waals surface area contributed by atoms with E-state index in [1.54, 1.807) is 31.2 Å². The molecule has 110 valence electrons. The number of rotatable bonds is 5. The number of carbonyl (C=O) groups excluding carboxylic acids is 1. The maximum absolute atomic E-state index is 11.8. The van der Waals surface area contributed by atoms with Gasteiger partial charge in [0.2, 0.25) is 0 Å². The number of ether oxygens (including phenoxy) is 1. The first-order valence-electron chi connectivity index (χ1n) is 6.49. The lowest BCUT2D eigenvalue weighted by molar-refractivity contribution is -0.140. The van der Waals surface area contributed by atoms with Crippen LogP contribution in [-0.2, 0) is 4.79 Å². The minimum Gasteiger partial charge on any atom is -0.488 e. The van der Waals surface area contributed by atoms with Gasteiger partial charge in [-0.1, -0.05) is 6.92 Å². The van der Waals surface area contributed by atoms with Gasteiger partial charge in [-0.2, -0.15) is 0 Å². The van der Waals surface area contributed by atoms with Gasteiger partial charge in [-0.05, 0) is 45.0 Å². The first-order valence-corrected chi connectivity index (χ1v) is 6.49. The molecule has 5 heteroatoms. The van der Waals surface area contributed by atoms with Crippen LogP contribution in [0.3, 0.4) is 0 Å². The van der Waals surface area contributed by atoms with Crippen LogP contribution in [0.5, 0.6) is 5.75 Å². The number of benzene rings is 1. The zero-order valence-electron chi connectivity index (χ0n) is 12.3. The van der Waals surface area contributed by atoms with Gasteiger partial charge in [-0.3, -0.25) is 9.59 Å². The zero-order chi connectivity index (χ0) is 15.3. The maximum Gasteiger partial charge on any atom is 0.308 e. The van der Waals surface area contributed by atoms with E-state index in [1.807, 2.05) is 20.8 Å². The summed E-state index contributed by atoms with van der Waals surface area (Å²) in [5, 5.41) is 11.3. The number of hydrogen-bond donors (Lipinski definition) is 2. The zero-order valence-corrected chi connectivity index (χ0v) is 12.3. The molecule has 0 saturated heterocycles. The predicted molar refractivity (Wildman–Crippen MR) is 76.0 cm³/mol. The van der Waals surface area contributed by atoms with E-state index in [0.29, 0.717) is 11.3 Å². The molecule has 0 aliphatic carbocycles. The number of nitrogens with one attached hydrogen (secondary N) is 1. The van der Waals surface area contributed by atoms with Crippen molar-refractivity contribution in [3.05, 3.63) is 29.8 Å². The van der Waals surface area contributed by atoms with E-state index in [9.17, 15) is 9.59 Å². The summed E-state index contributed by atoms with van der Waals surface area (Å²) >= 11 is 0. The Balaban J connectivity index is 2.60. The Bertz CT molecular complexity index is 474. The van der Waals surface area contributed by atoms with E-state index in [1.165, 1.54) is 0 Å². The van der Waals surface area contributed by atoms with E-state index in [0.717, 1.165) is 0 Å². The SMILES string of the molecule is CC(CNC(=O)c1ccc(OC(C)(C)C)cc1)C(=O)O. The minimum atomic E-state index is -0.931. The number of carbonyl (C=O) groups is 2. The monoisotopic (exact) mass is 279 g/mol. The molecular weight excluding hydrogens is 258 g/mol. The van der Waals surface area contributed by atoms with Crippen molar-refractivity contribution in [2.24, 2.45) is 5.92 Å². The molecule has 0 bridgehead atoms. The molecule has 0 aliphatic rings. The quantitative estimate of drug-likeness (QED) is 0.867. The van der Waals surface area contributed by atoms with Crippen LogP contribution < -0.4 is 10.1 Å². The summed E-state index contributed by atoms with van der Waals surface area (Å²) in [6, 6.07) is 6.76. The van der Waals surface area contributed by atoms with Crippen molar-refractivity contribution in [3.63, 3.8) is 0 Å². The number of aliphatic carboxylic acids is 1. The standard InChI is InChI=1S/C15H21NO4/c1-10(14(18)19)9-16-13(17)11-5-7-12(8-6-11)20-15(2,3)4/h5-8,10H,9H2,1-4H3,(H,16,17)(H,18,19). The lowest BCUT2D eigenvalue weighted by atomic mass is 10.1. The molecule has 0 spiro atoms. The molecule has 1 atom stereocenters. The molecule has 2 N–H and O–H groups in total. The van der Waals surface area contributed by atoms with Crippen molar-refractivity contribution in [2.75, 3.05) is 6.54 Å². The highest BCUT2D eigenvalue weighted by Crippen LogP contribution is 2.18. The Morgan fingerprint density at radius 3 is 2.25 bits per heavy atom. The van der Waals surface area contributed by atoms with Gasteiger partial charge in [0.05, 0.1) is 5.92 Å². The molecule has 0 fully saturated rings. The minimum absolute atomic E-state index is 0.106.